The Morgan fingerprint density at radius 3 is 2.03 bits per heavy atom. The van der Waals surface area contributed by atoms with E-state index in [9.17, 15) is 9.59 Å². The minimum atomic E-state index is -0.477. The number of piperidine rings is 2. The zero-order valence-electron chi connectivity index (χ0n) is 18.8. The molecule has 1 N–H and O–H groups in total. The van der Waals surface area contributed by atoms with Gasteiger partial charge in [0.15, 0.2) is 0 Å². The van der Waals surface area contributed by atoms with Gasteiger partial charge in [0.05, 0.1) is 5.56 Å². The molecule has 5 heteroatoms. The highest BCUT2D eigenvalue weighted by Crippen LogP contribution is 2.31. The van der Waals surface area contributed by atoms with Crippen LogP contribution in [-0.4, -0.2) is 42.9 Å². The number of benzene rings is 1. The highest BCUT2D eigenvalue weighted by Gasteiger charge is 2.27. The fourth-order valence-electron chi connectivity index (χ4n) is 4.01. The highest BCUT2D eigenvalue weighted by atomic mass is 16.2. The molecule has 2 saturated heterocycles. The summed E-state index contributed by atoms with van der Waals surface area (Å²) < 4.78 is 0. The van der Waals surface area contributed by atoms with Gasteiger partial charge in [-0.3, -0.25) is 9.59 Å². The van der Waals surface area contributed by atoms with Gasteiger partial charge in [-0.2, -0.15) is 0 Å². The van der Waals surface area contributed by atoms with E-state index in [-0.39, 0.29) is 11.8 Å². The number of carbonyl (C=O) groups is 2. The Balaban J connectivity index is 1.89. The fraction of sp³-hybridized carbons (Fsp3) is 0.667. The largest absolute Gasteiger partial charge is 0.371 e. The SMILES string of the molecule is CC1CCN(C(=O)c2cc(NC(=O)C(C)(C)C)ccc2N2CCC(C)CC2)CC1. The molecule has 0 bridgehead atoms. The number of nitrogens with one attached hydrogen (secondary N) is 1. The minimum absolute atomic E-state index is 0.0396. The molecule has 0 spiro atoms. The van der Waals surface area contributed by atoms with Gasteiger partial charge >= 0.3 is 0 Å². The van der Waals surface area contributed by atoms with E-state index >= 15 is 0 Å². The Hall–Kier alpha value is -2.04. The van der Waals surface area contributed by atoms with Crippen LogP contribution in [0.25, 0.3) is 0 Å². The molecule has 29 heavy (non-hydrogen) atoms. The molecule has 160 valence electrons. The van der Waals surface area contributed by atoms with E-state index in [1.165, 1.54) is 0 Å². The summed E-state index contributed by atoms with van der Waals surface area (Å²) in [5.74, 6) is 1.47. The second-order valence-corrected chi connectivity index (χ2v) is 10.1. The zero-order valence-corrected chi connectivity index (χ0v) is 18.8. The lowest BCUT2D eigenvalue weighted by molar-refractivity contribution is -0.123. The number of hydrogen-bond acceptors (Lipinski definition) is 3. The first-order valence-corrected chi connectivity index (χ1v) is 11.1. The van der Waals surface area contributed by atoms with E-state index in [0.29, 0.717) is 11.6 Å². The van der Waals surface area contributed by atoms with Gasteiger partial charge in [0, 0.05) is 43.0 Å². The van der Waals surface area contributed by atoms with Crippen molar-refractivity contribution in [3.63, 3.8) is 0 Å². The second kappa shape index (κ2) is 8.76. The third-order valence-corrected chi connectivity index (χ3v) is 6.36. The second-order valence-electron chi connectivity index (χ2n) is 10.1. The minimum Gasteiger partial charge on any atom is -0.371 e. The first-order chi connectivity index (χ1) is 13.6. The molecule has 0 aliphatic carbocycles. The molecule has 2 aliphatic rings. The maximum atomic E-state index is 13.5. The lowest BCUT2D eigenvalue weighted by Gasteiger charge is -2.35. The van der Waals surface area contributed by atoms with Crippen LogP contribution in [-0.2, 0) is 4.79 Å². The van der Waals surface area contributed by atoms with E-state index in [2.05, 4.69) is 24.1 Å². The number of rotatable bonds is 3. The van der Waals surface area contributed by atoms with Gasteiger partial charge in [-0.25, -0.2) is 0 Å². The van der Waals surface area contributed by atoms with Crippen LogP contribution in [0.4, 0.5) is 11.4 Å². The molecule has 0 radical (unpaired) electrons. The quantitative estimate of drug-likeness (QED) is 0.796. The van der Waals surface area contributed by atoms with Crippen molar-refractivity contribution in [3.05, 3.63) is 23.8 Å². The summed E-state index contributed by atoms with van der Waals surface area (Å²) in [6.45, 7) is 13.8. The summed E-state index contributed by atoms with van der Waals surface area (Å²) in [5, 5.41) is 3.00. The number of amides is 2. The predicted molar refractivity (Wildman–Crippen MR) is 119 cm³/mol. The van der Waals surface area contributed by atoms with Gasteiger partial charge in [-0.15, -0.1) is 0 Å². The normalized spacial score (nSPS) is 19.3. The first kappa shape index (κ1) is 21.7. The third-order valence-electron chi connectivity index (χ3n) is 6.36. The molecule has 0 saturated carbocycles. The zero-order chi connectivity index (χ0) is 21.2. The average molecular weight is 400 g/mol. The van der Waals surface area contributed by atoms with Crippen molar-refractivity contribution in [3.8, 4) is 0 Å². The van der Waals surface area contributed by atoms with Crippen LogP contribution in [0.3, 0.4) is 0 Å². The molecule has 1 aromatic rings. The van der Waals surface area contributed by atoms with Crippen molar-refractivity contribution < 1.29 is 9.59 Å². The van der Waals surface area contributed by atoms with Crippen LogP contribution in [0.2, 0.25) is 0 Å². The van der Waals surface area contributed by atoms with Crippen molar-refractivity contribution in [2.45, 2.75) is 60.3 Å². The Bertz CT molecular complexity index is 737. The Morgan fingerprint density at radius 1 is 0.931 bits per heavy atom. The summed E-state index contributed by atoms with van der Waals surface area (Å²) in [6, 6.07) is 5.84. The Labute approximate surface area is 175 Å². The molecule has 5 nitrogen and oxygen atoms in total. The molecule has 2 fully saturated rings. The van der Waals surface area contributed by atoms with Crippen LogP contribution in [0, 0.1) is 17.3 Å². The van der Waals surface area contributed by atoms with Crippen molar-refractivity contribution in [2.75, 3.05) is 36.4 Å². The van der Waals surface area contributed by atoms with Gasteiger partial charge in [0.25, 0.3) is 5.91 Å². The molecular formula is C24H37N3O2. The number of nitrogens with zero attached hydrogens (tertiary/aromatic N) is 2. The van der Waals surface area contributed by atoms with Crippen molar-refractivity contribution in [2.24, 2.45) is 17.3 Å². The summed E-state index contributed by atoms with van der Waals surface area (Å²) >= 11 is 0. The van der Waals surface area contributed by atoms with E-state index in [0.717, 1.165) is 69.0 Å². The molecule has 0 unspecified atom stereocenters. The lowest BCUT2D eigenvalue weighted by atomic mass is 9.95. The van der Waals surface area contributed by atoms with Gasteiger partial charge in [-0.05, 0) is 55.7 Å². The fourth-order valence-corrected chi connectivity index (χ4v) is 4.01. The maximum absolute atomic E-state index is 13.5. The van der Waals surface area contributed by atoms with E-state index in [1.807, 2.05) is 43.9 Å². The molecule has 2 heterocycles. The van der Waals surface area contributed by atoms with E-state index < -0.39 is 5.41 Å². The molecular weight excluding hydrogens is 362 g/mol. The molecule has 2 amide bonds. The monoisotopic (exact) mass is 399 g/mol. The Kier molecular flexibility index (Phi) is 6.55. The van der Waals surface area contributed by atoms with Crippen LogP contribution >= 0.6 is 0 Å². The van der Waals surface area contributed by atoms with Crippen LogP contribution in [0.15, 0.2) is 18.2 Å². The van der Waals surface area contributed by atoms with Gasteiger partial charge in [0.1, 0.15) is 0 Å². The molecule has 0 aromatic heterocycles. The van der Waals surface area contributed by atoms with Crippen LogP contribution < -0.4 is 10.2 Å². The van der Waals surface area contributed by atoms with Crippen molar-refractivity contribution in [1.82, 2.24) is 4.90 Å². The molecule has 3 rings (SSSR count). The van der Waals surface area contributed by atoms with Gasteiger partial charge < -0.3 is 15.1 Å². The van der Waals surface area contributed by atoms with E-state index in [4.69, 9.17) is 0 Å². The topological polar surface area (TPSA) is 52.7 Å². The summed E-state index contributed by atoms with van der Waals surface area (Å²) in [4.78, 5) is 30.2. The number of carbonyl (C=O) groups excluding carboxylic acids is 2. The average Bonchev–Trinajstić information content (AvgIpc) is 2.68. The van der Waals surface area contributed by atoms with Crippen molar-refractivity contribution in [1.29, 1.82) is 0 Å². The number of likely N-dealkylation sites (tertiary alicyclic amines) is 1. The molecule has 1 aromatic carbocycles. The molecule has 0 atom stereocenters. The maximum Gasteiger partial charge on any atom is 0.256 e. The third kappa shape index (κ3) is 5.31. The summed E-state index contributed by atoms with van der Waals surface area (Å²) in [5.41, 5.74) is 1.96. The van der Waals surface area contributed by atoms with E-state index in [1.54, 1.807) is 0 Å². The summed E-state index contributed by atoms with van der Waals surface area (Å²) in [6.07, 6.45) is 4.42. The summed E-state index contributed by atoms with van der Waals surface area (Å²) in [7, 11) is 0. The van der Waals surface area contributed by atoms with Crippen LogP contribution in [0.1, 0.15) is 70.7 Å². The predicted octanol–water partition coefficient (Wildman–Crippen LogP) is 4.78. The molecule has 2 aliphatic heterocycles. The van der Waals surface area contributed by atoms with Crippen LogP contribution in [0.5, 0.6) is 0 Å². The standard InChI is InChI=1S/C24H37N3O2/c1-17-8-12-26(13-9-17)21-7-6-19(25-23(29)24(3,4)5)16-20(21)22(28)27-14-10-18(2)11-15-27/h6-7,16-18H,8-15H2,1-5H3,(H,25,29). The van der Waals surface area contributed by atoms with Crippen molar-refractivity contribution >= 4 is 23.2 Å². The lowest BCUT2D eigenvalue weighted by Crippen LogP contribution is -2.40. The number of anilines is 2. The van der Waals surface area contributed by atoms with Gasteiger partial charge in [-0.1, -0.05) is 34.6 Å². The number of hydrogen-bond donors (Lipinski definition) is 1. The van der Waals surface area contributed by atoms with Gasteiger partial charge in [0.2, 0.25) is 5.91 Å². The highest BCUT2D eigenvalue weighted by molar-refractivity contribution is 6.02. The smallest absolute Gasteiger partial charge is 0.256 e. The first-order valence-electron chi connectivity index (χ1n) is 11.1. The Morgan fingerprint density at radius 2 is 1.48 bits per heavy atom.